The van der Waals surface area contributed by atoms with Gasteiger partial charge < -0.3 is 39.7 Å². The van der Waals surface area contributed by atoms with E-state index in [9.17, 15) is 25.5 Å². The zero-order valence-corrected chi connectivity index (χ0v) is 16.5. The van der Waals surface area contributed by atoms with Crippen molar-refractivity contribution in [3.05, 3.63) is 0 Å². The zero-order valence-electron chi connectivity index (χ0n) is 16.5. The molecule has 1 aliphatic carbocycles. The summed E-state index contributed by atoms with van der Waals surface area (Å²) in [6, 6.07) is 0. The summed E-state index contributed by atoms with van der Waals surface area (Å²) in [7, 11) is 0. The van der Waals surface area contributed by atoms with Gasteiger partial charge in [0.15, 0.2) is 6.29 Å². The van der Waals surface area contributed by atoms with Crippen molar-refractivity contribution in [3.63, 3.8) is 0 Å². The third-order valence-corrected chi connectivity index (χ3v) is 6.81. The van der Waals surface area contributed by atoms with Crippen molar-refractivity contribution in [1.29, 1.82) is 0 Å². The summed E-state index contributed by atoms with van der Waals surface area (Å²) in [5.74, 6) is 0. The Bertz CT molecular complexity index is 516. The summed E-state index contributed by atoms with van der Waals surface area (Å²) in [6.07, 6.45) is -4.42. The van der Waals surface area contributed by atoms with Crippen molar-refractivity contribution < 1.29 is 39.7 Å². The van der Waals surface area contributed by atoms with E-state index < -0.39 is 60.0 Å². The molecule has 0 radical (unpaired) electrons. The van der Waals surface area contributed by atoms with Crippen molar-refractivity contribution in [2.24, 2.45) is 5.41 Å². The lowest BCUT2D eigenvalue weighted by atomic mass is 9.56. The molecule has 0 aromatic carbocycles. The van der Waals surface area contributed by atoms with Gasteiger partial charge >= 0.3 is 0 Å². The molecule has 3 rings (SSSR count). The van der Waals surface area contributed by atoms with Crippen LogP contribution in [0.15, 0.2) is 0 Å². The molecule has 8 heteroatoms. The molecule has 5 N–H and O–H groups in total. The SMILES string of the molecule is C[C@H]1CC[C@@]2(O1)C(C)(C)C[C@H](O[C@@H]1O[C@H](CO)[C@@H](O)[C@H](O)[C@H]1O)C[C@@]2(C)O. The van der Waals surface area contributed by atoms with E-state index in [0.29, 0.717) is 6.42 Å². The van der Waals surface area contributed by atoms with Crippen molar-refractivity contribution in [2.45, 2.75) is 107 Å². The number of hydrogen-bond acceptors (Lipinski definition) is 8. The van der Waals surface area contributed by atoms with Crippen LogP contribution in [0, 0.1) is 5.41 Å². The van der Waals surface area contributed by atoms with Gasteiger partial charge in [-0.05, 0) is 38.5 Å². The molecule has 0 aromatic heterocycles. The molecule has 2 heterocycles. The van der Waals surface area contributed by atoms with E-state index in [4.69, 9.17) is 14.2 Å². The van der Waals surface area contributed by atoms with Gasteiger partial charge in [0.05, 0.1) is 24.4 Å². The van der Waals surface area contributed by atoms with Crippen LogP contribution in [0.5, 0.6) is 0 Å². The van der Waals surface area contributed by atoms with E-state index in [0.717, 1.165) is 12.8 Å². The number of rotatable bonds is 3. The molecule has 0 aromatic rings. The average Bonchev–Trinajstić information content (AvgIpc) is 2.98. The van der Waals surface area contributed by atoms with Gasteiger partial charge in [-0.2, -0.15) is 0 Å². The maximum absolute atomic E-state index is 11.3. The highest BCUT2D eigenvalue weighted by Crippen LogP contribution is 2.57. The van der Waals surface area contributed by atoms with Crippen LogP contribution in [-0.4, -0.2) is 86.3 Å². The highest BCUT2D eigenvalue weighted by Gasteiger charge is 2.64. The molecular weight excluding hydrogens is 356 g/mol. The van der Waals surface area contributed by atoms with Gasteiger partial charge in [-0.15, -0.1) is 0 Å². The van der Waals surface area contributed by atoms with Gasteiger partial charge in [-0.25, -0.2) is 0 Å². The standard InChI is InChI=1S/C19H34O8/c1-10-5-6-19(27-10)17(2,3)7-11(8-18(19,4)24)25-16-15(23)14(22)13(21)12(9-20)26-16/h10-16,20-24H,5-9H2,1-4H3/t10-,11-,12+,13+,14-,15+,16+,18+,19+/m0/s1. The largest absolute Gasteiger partial charge is 0.394 e. The van der Waals surface area contributed by atoms with Crippen LogP contribution >= 0.6 is 0 Å². The van der Waals surface area contributed by atoms with Gasteiger partial charge in [0, 0.05) is 6.42 Å². The Balaban J connectivity index is 1.76. The fraction of sp³-hybridized carbons (Fsp3) is 1.00. The first kappa shape index (κ1) is 21.4. The number of aliphatic hydroxyl groups excluding tert-OH is 4. The van der Waals surface area contributed by atoms with Crippen LogP contribution in [0.2, 0.25) is 0 Å². The minimum absolute atomic E-state index is 0.0821. The predicted octanol–water partition coefficient (Wildman–Crippen LogP) is -0.320. The minimum atomic E-state index is -1.48. The Hall–Kier alpha value is -0.320. The Morgan fingerprint density at radius 2 is 1.70 bits per heavy atom. The number of ether oxygens (including phenoxy) is 3. The summed E-state index contributed by atoms with van der Waals surface area (Å²) in [6.45, 7) is 7.35. The minimum Gasteiger partial charge on any atom is -0.394 e. The molecule has 0 amide bonds. The molecule has 1 saturated carbocycles. The summed E-state index contributed by atoms with van der Waals surface area (Å²) in [5.41, 5.74) is -2.20. The molecule has 27 heavy (non-hydrogen) atoms. The van der Waals surface area contributed by atoms with Crippen LogP contribution in [0.25, 0.3) is 0 Å². The van der Waals surface area contributed by atoms with Crippen LogP contribution < -0.4 is 0 Å². The Labute approximate surface area is 160 Å². The summed E-state index contributed by atoms with van der Waals surface area (Å²) in [5, 5.41) is 50.7. The molecule has 8 nitrogen and oxygen atoms in total. The maximum atomic E-state index is 11.3. The summed E-state index contributed by atoms with van der Waals surface area (Å²) in [4.78, 5) is 0. The van der Waals surface area contributed by atoms with Crippen molar-refractivity contribution in [1.82, 2.24) is 0 Å². The third-order valence-electron chi connectivity index (χ3n) is 6.81. The van der Waals surface area contributed by atoms with Crippen molar-refractivity contribution >= 4 is 0 Å². The van der Waals surface area contributed by atoms with Crippen LogP contribution in [0.1, 0.15) is 53.4 Å². The van der Waals surface area contributed by atoms with Crippen molar-refractivity contribution in [3.8, 4) is 0 Å². The molecule has 3 aliphatic rings. The van der Waals surface area contributed by atoms with Gasteiger partial charge in [-0.1, -0.05) is 13.8 Å². The quantitative estimate of drug-likeness (QED) is 0.443. The molecule has 1 spiro atoms. The Morgan fingerprint density at radius 1 is 1.04 bits per heavy atom. The molecule has 2 aliphatic heterocycles. The molecular formula is C19H34O8. The second-order valence-electron chi connectivity index (χ2n) is 9.32. The predicted molar refractivity (Wildman–Crippen MR) is 94.8 cm³/mol. The summed E-state index contributed by atoms with van der Waals surface area (Å²) >= 11 is 0. The zero-order chi connectivity index (χ0) is 20.2. The van der Waals surface area contributed by atoms with Crippen LogP contribution in [0.3, 0.4) is 0 Å². The van der Waals surface area contributed by atoms with E-state index >= 15 is 0 Å². The fourth-order valence-corrected chi connectivity index (χ4v) is 5.37. The summed E-state index contributed by atoms with van der Waals surface area (Å²) < 4.78 is 17.6. The number of hydrogen-bond donors (Lipinski definition) is 5. The highest BCUT2D eigenvalue weighted by atomic mass is 16.7. The Morgan fingerprint density at radius 3 is 2.22 bits per heavy atom. The van der Waals surface area contributed by atoms with E-state index in [2.05, 4.69) is 0 Å². The normalized spacial score (nSPS) is 53.0. The van der Waals surface area contributed by atoms with Gasteiger partial charge in [-0.3, -0.25) is 0 Å². The average molecular weight is 390 g/mol. The molecule has 9 atom stereocenters. The molecule has 0 unspecified atom stereocenters. The van der Waals surface area contributed by atoms with Gasteiger partial charge in [0.2, 0.25) is 0 Å². The van der Waals surface area contributed by atoms with Crippen molar-refractivity contribution in [2.75, 3.05) is 6.61 Å². The second kappa shape index (κ2) is 7.18. The lowest BCUT2D eigenvalue weighted by Gasteiger charge is -2.58. The lowest BCUT2D eigenvalue weighted by Crippen LogP contribution is -2.67. The first-order chi connectivity index (χ1) is 12.4. The first-order valence-corrected chi connectivity index (χ1v) is 9.80. The maximum Gasteiger partial charge on any atom is 0.186 e. The van der Waals surface area contributed by atoms with Gasteiger partial charge in [0.1, 0.15) is 30.0 Å². The smallest absolute Gasteiger partial charge is 0.186 e. The second-order valence-corrected chi connectivity index (χ2v) is 9.32. The number of aliphatic hydroxyl groups is 5. The lowest BCUT2D eigenvalue weighted by molar-refractivity contribution is -0.330. The van der Waals surface area contributed by atoms with E-state index in [1.54, 1.807) is 6.92 Å². The molecule has 0 bridgehead atoms. The topological polar surface area (TPSA) is 129 Å². The first-order valence-electron chi connectivity index (χ1n) is 9.80. The van der Waals surface area contributed by atoms with E-state index in [1.165, 1.54) is 0 Å². The monoisotopic (exact) mass is 390 g/mol. The molecule has 158 valence electrons. The Kier molecular flexibility index (Phi) is 5.69. The van der Waals surface area contributed by atoms with Crippen LogP contribution in [-0.2, 0) is 14.2 Å². The fourth-order valence-electron chi connectivity index (χ4n) is 5.37. The van der Waals surface area contributed by atoms with Gasteiger partial charge in [0.25, 0.3) is 0 Å². The van der Waals surface area contributed by atoms with Crippen LogP contribution in [0.4, 0.5) is 0 Å². The van der Waals surface area contributed by atoms with E-state index in [1.807, 2.05) is 20.8 Å². The van der Waals surface area contributed by atoms with E-state index in [-0.39, 0.29) is 12.5 Å². The molecule has 3 fully saturated rings. The molecule has 2 saturated heterocycles. The highest BCUT2D eigenvalue weighted by molar-refractivity contribution is 5.14. The third kappa shape index (κ3) is 3.44.